The van der Waals surface area contributed by atoms with E-state index < -0.39 is 0 Å². The van der Waals surface area contributed by atoms with Gasteiger partial charge in [0.1, 0.15) is 0 Å². The Morgan fingerprint density at radius 3 is 2.82 bits per heavy atom. The molecule has 0 amide bonds. The topological polar surface area (TPSA) is 43.7 Å². The molecule has 0 radical (unpaired) electrons. The highest BCUT2D eigenvalue weighted by molar-refractivity contribution is 5.48. The Morgan fingerprint density at radius 2 is 2.07 bits per heavy atom. The fraction of sp³-hybridized carbons (Fsp3) is 0.600. The minimum atomic E-state index is -0.375. The number of fused-ring (bicyclic) bond motifs is 1. The van der Waals surface area contributed by atoms with Gasteiger partial charge in [-0.2, -0.15) is 0 Å². The van der Waals surface area contributed by atoms with Crippen molar-refractivity contribution in [3.63, 3.8) is 0 Å². The first-order valence-corrected chi connectivity index (χ1v) is 11.0. The highest BCUT2D eigenvalue weighted by Crippen LogP contribution is 2.48. The van der Waals surface area contributed by atoms with Crippen molar-refractivity contribution in [1.29, 1.82) is 0 Å². The number of anilines is 1. The quantitative estimate of drug-likeness (QED) is 0.478. The van der Waals surface area contributed by atoms with Crippen LogP contribution in [0.2, 0.25) is 0 Å². The van der Waals surface area contributed by atoms with E-state index in [1.165, 1.54) is 29.7 Å². The van der Waals surface area contributed by atoms with Gasteiger partial charge in [0.15, 0.2) is 0 Å². The number of benzene rings is 1. The minimum Gasteiger partial charge on any atom is -0.392 e. The molecule has 0 spiro atoms. The number of hydrogen-bond donors (Lipinski definition) is 2. The maximum absolute atomic E-state index is 10.5. The van der Waals surface area contributed by atoms with E-state index in [1.807, 2.05) is 6.08 Å². The van der Waals surface area contributed by atoms with Crippen molar-refractivity contribution >= 4 is 5.69 Å². The van der Waals surface area contributed by atoms with Gasteiger partial charge < -0.3 is 15.1 Å². The van der Waals surface area contributed by atoms with Gasteiger partial charge in [-0.3, -0.25) is 0 Å². The number of nitrogens with zero attached hydrogens (tertiary/aromatic N) is 1. The summed E-state index contributed by atoms with van der Waals surface area (Å²) >= 11 is 0. The largest absolute Gasteiger partial charge is 0.392 e. The number of aliphatic hydroxyl groups is 2. The van der Waals surface area contributed by atoms with Crippen molar-refractivity contribution in [2.24, 2.45) is 17.8 Å². The van der Waals surface area contributed by atoms with Crippen LogP contribution in [0.5, 0.6) is 0 Å². The Hall–Kier alpha value is -1.58. The van der Waals surface area contributed by atoms with Crippen molar-refractivity contribution in [2.75, 3.05) is 19.0 Å². The first-order valence-electron chi connectivity index (χ1n) is 11.0. The Balaban J connectivity index is 1.58. The SMILES string of the molecule is CCCCC[C@H](O)C=C[C@@H]1[C@H]2CC(Cc3cccc(N(C)C)c3)=C[C@H]2C[C@H]1O. The van der Waals surface area contributed by atoms with Crippen LogP contribution in [0.4, 0.5) is 5.69 Å². The van der Waals surface area contributed by atoms with Crippen molar-refractivity contribution < 1.29 is 10.2 Å². The molecule has 0 aliphatic heterocycles. The first-order chi connectivity index (χ1) is 13.5. The van der Waals surface area contributed by atoms with Gasteiger partial charge in [-0.1, -0.05) is 62.1 Å². The summed E-state index contributed by atoms with van der Waals surface area (Å²) in [6, 6.07) is 8.76. The van der Waals surface area contributed by atoms with Crippen molar-refractivity contribution in [2.45, 2.75) is 64.1 Å². The number of hydrogen-bond acceptors (Lipinski definition) is 3. The summed E-state index contributed by atoms with van der Waals surface area (Å²) in [4.78, 5) is 2.14. The molecule has 5 atom stereocenters. The number of unbranched alkanes of at least 4 members (excludes halogenated alkanes) is 2. The Morgan fingerprint density at radius 1 is 1.25 bits per heavy atom. The fourth-order valence-corrected chi connectivity index (χ4v) is 4.90. The lowest BCUT2D eigenvalue weighted by molar-refractivity contribution is 0.139. The van der Waals surface area contributed by atoms with Gasteiger partial charge in [-0.25, -0.2) is 0 Å². The normalized spacial score (nSPS) is 27.8. The molecule has 3 heteroatoms. The molecule has 1 fully saturated rings. The molecule has 1 aromatic rings. The second-order valence-corrected chi connectivity index (χ2v) is 8.93. The maximum atomic E-state index is 10.5. The molecule has 1 saturated carbocycles. The highest BCUT2D eigenvalue weighted by atomic mass is 16.3. The van der Waals surface area contributed by atoms with Crippen LogP contribution in [0.25, 0.3) is 0 Å². The van der Waals surface area contributed by atoms with Crippen LogP contribution >= 0.6 is 0 Å². The molecule has 0 aromatic heterocycles. The van der Waals surface area contributed by atoms with E-state index >= 15 is 0 Å². The van der Waals surface area contributed by atoms with Gasteiger partial charge in [0, 0.05) is 25.7 Å². The summed E-state index contributed by atoms with van der Waals surface area (Å²) in [6.07, 6.45) is 13.0. The van der Waals surface area contributed by atoms with Gasteiger partial charge >= 0.3 is 0 Å². The molecular weight excluding hydrogens is 346 g/mol. The van der Waals surface area contributed by atoms with E-state index in [0.29, 0.717) is 11.8 Å². The van der Waals surface area contributed by atoms with Crippen LogP contribution < -0.4 is 4.90 Å². The molecule has 3 rings (SSSR count). The Labute approximate surface area is 170 Å². The molecular formula is C25H37NO2. The van der Waals surface area contributed by atoms with E-state index in [0.717, 1.165) is 32.1 Å². The second kappa shape index (κ2) is 9.76. The highest BCUT2D eigenvalue weighted by Gasteiger charge is 2.43. The van der Waals surface area contributed by atoms with Gasteiger partial charge in [0.05, 0.1) is 12.2 Å². The average Bonchev–Trinajstić information content (AvgIpc) is 3.16. The Kier molecular flexibility index (Phi) is 7.36. The molecule has 154 valence electrons. The molecule has 0 heterocycles. The van der Waals surface area contributed by atoms with E-state index in [2.05, 4.69) is 62.3 Å². The van der Waals surface area contributed by atoms with Crippen molar-refractivity contribution in [3.8, 4) is 0 Å². The average molecular weight is 384 g/mol. The van der Waals surface area contributed by atoms with E-state index in [1.54, 1.807) is 0 Å². The maximum Gasteiger partial charge on any atom is 0.0721 e. The van der Waals surface area contributed by atoms with E-state index in [9.17, 15) is 10.2 Å². The van der Waals surface area contributed by atoms with E-state index in [-0.39, 0.29) is 18.1 Å². The number of rotatable bonds is 9. The summed E-state index contributed by atoms with van der Waals surface area (Å²) in [5.74, 6) is 1.14. The minimum absolute atomic E-state index is 0.174. The predicted molar refractivity (Wildman–Crippen MR) is 118 cm³/mol. The molecule has 0 bridgehead atoms. The molecule has 2 aliphatic carbocycles. The van der Waals surface area contributed by atoms with Crippen LogP contribution in [0, 0.1) is 17.8 Å². The Bertz CT molecular complexity index is 694. The van der Waals surface area contributed by atoms with Gasteiger partial charge in [0.25, 0.3) is 0 Å². The third-order valence-electron chi connectivity index (χ3n) is 6.47. The lowest BCUT2D eigenvalue weighted by Crippen LogP contribution is -2.18. The summed E-state index contributed by atoms with van der Waals surface area (Å²) < 4.78 is 0. The fourth-order valence-electron chi connectivity index (χ4n) is 4.90. The van der Waals surface area contributed by atoms with Crippen LogP contribution in [0.1, 0.15) is 51.0 Å². The summed E-state index contributed by atoms with van der Waals surface area (Å²) in [5.41, 5.74) is 4.10. The van der Waals surface area contributed by atoms with Gasteiger partial charge in [0.2, 0.25) is 0 Å². The molecule has 2 aliphatic rings. The van der Waals surface area contributed by atoms with Crippen LogP contribution in [-0.4, -0.2) is 36.5 Å². The summed E-state index contributed by atoms with van der Waals surface area (Å²) in [7, 11) is 4.15. The molecule has 3 nitrogen and oxygen atoms in total. The molecule has 0 unspecified atom stereocenters. The van der Waals surface area contributed by atoms with Gasteiger partial charge in [-0.05, 0) is 55.2 Å². The monoisotopic (exact) mass is 383 g/mol. The summed E-state index contributed by atoms with van der Waals surface area (Å²) in [5, 5.41) is 20.7. The van der Waals surface area contributed by atoms with Gasteiger partial charge in [-0.15, -0.1) is 0 Å². The first kappa shape index (κ1) is 21.1. The molecule has 0 saturated heterocycles. The number of allylic oxidation sites excluding steroid dienone is 2. The predicted octanol–water partition coefficient (Wildman–Crippen LogP) is 4.74. The third kappa shape index (κ3) is 5.27. The van der Waals surface area contributed by atoms with Crippen molar-refractivity contribution in [3.05, 3.63) is 53.6 Å². The van der Waals surface area contributed by atoms with Crippen LogP contribution in [0.15, 0.2) is 48.1 Å². The van der Waals surface area contributed by atoms with E-state index in [4.69, 9.17) is 0 Å². The number of aliphatic hydroxyl groups excluding tert-OH is 2. The zero-order chi connectivity index (χ0) is 20.1. The zero-order valence-electron chi connectivity index (χ0n) is 17.7. The zero-order valence-corrected chi connectivity index (χ0v) is 17.7. The molecule has 1 aromatic carbocycles. The lowest BCUT2D eigenvalue weighted by atomic mass is 9.88. The standard InChI is InChI=1S/C25H37NO2/c1-4-5-6-10-22(27)11-12-23-24-16-19(14-20(24)17-25(23)28)13-18-8-7-9-21(15-18)26(2)3/h7-9,11-12,14-15,20,22-25,27-28H,4-6,10,13,16-17H2,1-3H3/t20-,22-,23+,24-,25+/m0/s1. The molecule has 28 heavy (non-hydrogen) atoms. The third-order valence-corrected chi connectivity index (χ3v) is 6.47. The summed E-state index contributed by atoms with van der Waals surface area (Å²) in [6.45, 7) is 2.18. The molecule has 2 N–H and O–H groups in total. The van der Waals surface area contributed by atoms with Crippen LogP contribution in [-0.2, 0) is 6.42 Å². The smallest absolute Gasteiger partial charge is 0.0721 e. The van der Waals surface area contributed by atoms with Crippen LogP contribution in [0.3, 0.4) is 0 Å². The lowest BCUT2D eigenvalue weighted by Gasteiger charge is -2.19. The van der Waals surface area contributed by atoms with Crippen molar-refractivity contribution in [1.82, 2.24) is 0 Å². The second-order valence-electron chi connectivity index (χ2n) is 8.93.